The van der Waals surface area contributed by atoms with Crippen LogP contribution in [0, 0.1) is 0 Å². The molecular weight excluding hydrogens is 196 g/mol. The second-order valence-corrected chi connectivity index (χ2v) is 4.24. The van der Waals surface area contributed by atoms with Gasteiger partial charge in [-0.1, -0.05) is 18.2 Å². The van der Waals surface area contributed by atoms with E-state index in [0.29, 0.717) is 6.61 Å². The average molecular weight is 210 g/mol. The first kappa shape index (κ1) is 11.1. The van der Waals surface area contributed by atoms with Crippen LogP contribution in [0.2, 0.25) is 0 Å². The van der Waals surface area contributed by atoms with Crippen molar-refractivity contribution < 1.29 is 9.53 Å². The van der Waals surface area contributed by atoms with E-state index in [0.717, 1.165) is 4.90 Å². The van der Waals surface area contributed by atoms with Crippen molar-refractivity contribution in [1.29, 1.82) is 0 Å². The van der Waals surface area contributed by atoms with Crippen LogP contribution in [-0.4, -0.2) is 17.8 Å². The molecule has 76 valence electrons. The summed E-state index contributed by atoms with van der Waals surface area (Å²) in [7, 11) is 0. The smallest absolute Gasteiger partial charge is 0.319 e. The maximum absolute atomic E-state index is 11.3. The molecule has 0 N–H and O–H groups in total. The number of carbonyl (C=O) groups excluding carboxylic acids is 1. The second-order valence-electron chi connectivity index (χ2n) is 2.83. The van der Waals surface area contributed by atoms with Crippen LogP contribution in [0.25, 0.3) is 0 Å². The van der Waals surface area contributed by atoms with Crippen LogP contribution < -0.4 is 0 Å². The van der Waals surface area contributed by atoms with E-state index < -0.39 is 0 Å². The summed E-state index contributed by atoms with van der Waals surface area (Å²) in [4.78, 5) is 12.4. The zero-order chi connectivity index (χ0) is 10.4. The first-order valence-corrected chi connectivity index (χ1v) is 5.50. The van der Waals surface area contributed by atoms with Crippen LogP contribution in [0.5, 0.6) is 0 Å². The predicted molar refractivity (Wildman–Crippen MR) is 58.4 cm³/mol. The summed E-state index contributed by atoms with van der Waals surface area (Å²) >= 11 is 1.52. The molecule has 0 saturated carbocycles. The third kappa shape index (κ3) is 3.42. The van der Waals surface area contributed by atoms with Gasteiger partial charge >= 0.3 is 5.97 Å². The zero-order valence-electron chi connectivity index (χ0n) is 8.40. The van der Waals surface area contributed by atoms with E-state index in [4.69, 9.17) is 4.74 Å². The van der Waals surface area contributed by atoms with E-state index in [1.807, 2.05) is 44.2 Å². The Labute approximate surface area is 88.7 Å². The van der Waals surface area contributed by atoms with Gasteiger partial charge in [0.15, 0.2) is 0 Å². The largest absolute Gasteiger partial charge is 0.465 e. The quantitative estimate of drug-likeness (QED) is 0.564. The van der Waals surface area contributed by atoms with Gasteiger partial charge in [-0.15, -0.1) is 11.8 Å². The standard InChI is InChI=1S/C11H14O2S/c1-3-13-11(12)9(2)14-10-7-5-4-6-8-10/h4-9H,3H2,1-2H3/t9-/m0/s1. The van der Waals surface area contributed by atoms with Crippen LogP contribution in [0.15, 0.2) is 35.2 Å². The first-order chi connectivity index (χ1) is 6.74. The normalized spacial score (nSPS) is 12.1. The van der Waals surface area contributed by atoms with Crippen molar-refractivity contribution in [2.24, 2.45) is 0 Å². The predicted octanol–water partition coefficient (Wildman–Crippen LogP) is 2.73. The molecule has 1 aromatic rings. The van der Waals surface area contributed by atoms with Gasteiger partial charge in [0.25, 0.3) is 0 Å². The summed E-state index contributed by atoms with van der Waals surface area (Å²) in [5.74, 6) is -0.152. The Hall–Kier alpha value is -0.960. The second kappa shape index (κ2) is 5.70. The van der Waals surface area contributed by atoms with Crippen LogP contribution in [0.1, 0.15) is 13.8 Å². The highest BCUT2D eigenvalue weighted by molar-refractivity contribution is 8.00. The Bertz CT molecular complexity index is 285. The topological polar surface area (TPSA) is 26.3 Å². The molecule has 0 heterocycles. The minimum Gasteiger partial charge on any atom is -0.465 e. The average Bonchev–Trinajstić information content (AvgIpc) is 2.19. The van der Waals surface area contributed by atoms with Crippen molar-refractivity contribution >= 4 is 17.7 Å². The number of thioether (sulfide) groups is 1. The lowest BCUT2D eigenvalue weighted by Crippen LogP contribution is -2.16. The fourth-order valence-corrected chi connectivity index (χ4v) is 1.90. The lowest BCUT2D eigenvalue weighted by Gasteiger charge is -2.09. The molecule has 1 rings (SSSR count). The van der Waals surface area contributed by atoms with Gasteiger partial charge in [-0.3, -0.25) is 4.79 Å². The number of hydrogen-bond acceptors (Lipinski definition) is 3. The molecule has 0 bridgehead atoms. The maximum Gasteiger partial charge on any atom is 0.319 e. The molecule has 0 aliphatic rings. The summed E-state index contributed by atoms with van der Waals surface area (Å²) in [5.41, 5.74) is 0. The van der Waals surface area contributed by atoms with Gasteiger partial charge in [0.2, 0.25) is 0 Å². The molecule has 3 heteroatoms. The molecule has 0 spiro atoms. The SMILES string of the molecule is CCOC(=O)[C@H](C)Sc1ccccc1. The van der Waals surface area contributed by atoms with Crippen molar-refractivity contribution in [3.05, 3.63) is 30.3 Å². The van der Waals surface area contributed by atoms with Crippen LogP contribution >= 0.6 is 11.8 Å². The fourth-order valence-electron chi connectivity index (χ4n) is 1.01. The van der Waals surface area contributed by atoms with Gasteiger partial charge in [-0.05, 0) is 26.0 Å². The van der Waals surface area contributed by atoms with E-state index in [2.05, 4.69) is 0 Å². The Kier molecular flexibility index (Phi) is 4.53. The Morgan fingerprint density at radius 1 is 1.43 bits per heavy atom. The molecule has 1 aromatic carbocycles. The van der Waals surface area contributed by atoms with Crippen LogP contribution in [0.4, 0.5) is 0 Å². The molecule has 0 saturated heterocycles. The molecule has 0 aliphatic carbocycles. The van der Waals surface area contributed by atoms with Gasteiger partial charge in [0, 0.05) is 4.90 Å². The summed E-state index contributed by atoms with van der Waals surface area (Å²) in [6, 6.07) is 9.85. The van der Waals surface area contributed by atoms with Gasteiger partial charge in [-0.25, -0.2) is 0 Å². The third-order valence-corrected chi connectivity index (χ3v) is 2.76. The van der Waals surface area contributed by atoms with Crippen molar-refractivity contribution in [3.8, 4) is 0 Å². The van der Waals surface area contributed by atoms with E-state index in [-0.39, 0.29) is 11.2 Å². The summed E-state index contributed by atoms with van der Waals surface area (Å²) in [5, 5.41) is -0.141. The van der Waals surface area contributed by atoms with E-state index >= 15 is 0 Å². The molecule has 0 unspecified atom stereocenters. The highest BCUT2D eigenvalue weighted by atomic mass is 32.2. The highest BCUT2D eigenvalue weighted by Crippen LogP contribution is 2.23. The summed E-state index contributed by atoms with van der Waals surface area (Å²) in [6.07, 6.45) is 0. The monoisotopic (exact) mass is 210 g/mol. The molecule has 1 atom stereocenters. The number of hydrogen-bond donors (Lipinski definition) is 0. The molecule has 0 radical (unpaired) electrons. The molecule has 14 heavy (non-hydrogen) atoms. The van der Waals surface area contributed by atoms with Gasteiger partial charge in [-0.2, -0.15) is 0 Å². The molecule has 0 aliphatic heterocycles. The molecule has 0 amide bonds. The van der Waals surface area contributed by atoms with E-state index in [1.165, 1.54) is 11.8 Å². The van der Waals surface area contributed by atoms with Crippen molar-refractivity contribution in [2.45, 2.75) is 24.0 Å². The Morgan fingerprint density at radius 2 is 2.07 bits per heavy atom. The highest BCUT2D eigenvalue weighted by Gasteiger charge is 2.14. The van der Waals surface area contributed by atoms with Crippen molar-refractivity contribution in [2.75, 3.05) is 6.61 Å². The number of carbonyl (C=O) groups is 1. The van der Waals surface area contributed by atoms with E-state index in [1.54, 1.807) is 0 Å². The zero-order valence-corrected chi connectivity index (χ0v) is 9.21. The number of rotatable bonds is 4. The fraction of sp³-hybridized carbons (Fsp3) is 0.364. The first-order valence-electron chi connectivity index (χ1n) is 4.62. The maximum atomic E-state index is 11.3. The van der Waals surface area contributed by atoms with Gasteiger partial charge in [0.05, 0.1) is 6.61 Å². The van der Waals surface area contributed by atoms with Crippen LogP contribution in [-0.2, 0) is 9.53 Å². The molecule has 0 aromatic heterocycles. The lowest BCUT2D eigenvalue weighted by atomic mass is 10.4. The van der Waals surface area contributed by atoms with Crippen molar-refractivity contribution in [3.63, 3.8) is 0 Å². The molecule has 0 fully saturated rings. The number of ether oxygens (including phenoxy) is 1. The van der Waals surface area contributed by atoms with Crippen LogP contribution in [0.3, 0.4) is 0 Å². The van der Waals surface area contributed by atoms with Gasteiger partial charge < -0.3 is 4.74 Å². The third-order valence-electron chi connectivity index (χ3n) is 1.67. The van der Waals surface area contributed by atoms with Crippen molar-refractivity contribution in [1.82, 2.24) is 0 Å². The molecular formula is C11H14O2S. The molecule has 2 nitrogen and oxygen atoms in total. The van der Waals surface area contributed by atoms with Gasteiger partial charge in [0.1, 0.15) is 5.25 Å². The minimum absolute atomic E-state index is 0.141. The summed E-state index contributed by atoms with van der Waals surface area (Å²) in [6.45, 7) is 4.12. The Morgan fingerprint density at radius 3 is 2.64 bits per heavy atom. The minimum atomic E-state index is -0.152. The Balaban J connectivity index is 2.49. The van der Waals surface area contributed by atoms with E-state index in [9.17, 15) is 4.79 Å². The number of benzene rings is 1. The number of esters is 1. The lowest BCUT2D eigenvalue weighted by molar-refractivity contribution is -0.142. The summed E-state index contributed by atoms with van der Waals surface area (Å²) < 4.78 is 4.92.